The van der Waals surface area contributed by atoms with E-state index in [9.17, 15) is 0 Å². The van der Waals surface area contributed by atoms with E-state index in [4.69, 9.17) is 21.1 Å². The fraction of sp³-hybridized carbons (Fsp3) is 1.00. The largest absolute Gasteiger partial charge is 0.389 e. The number of hydrogen-bond donors (Lipinski definition) is 4. The van der Waals surface area contributed by atoms with E-state index in [0.29, 0.717) is 0 Å². The minimum Gasteiger partial charge on any atom is -0.389 e. The minimum atomic E-state index is -1.27. The normalized spacial score (nSPS) is 49.2. The summed E-state index contributed by atoms with van der Waals surface area (Å²) in [6.07, 6.45) is -3.35. The summed E-state index contributed by atoms with van der Waals surface area (Å²) in [6.45, 7) is -0.0284. The van der Waals surface area contributed by atoms with Gasteiger partial charge in [-0.2, -0.15) is 0 Å². The summed E-state index contributed by atoms with van der Waals surface area (Å²) >= 11 is 0. The first-order valence-corrected chi connectivity index (χ1v) is 3.04. The predicted octanol–water partition coefficient (Wildman–Crippen LogP) is -2.62. The van der Waals surface area contributed by atoms with Crippen LogP contribution < -0.4 is 5.73 Å². The van der Waals surface area contributed by atoms with E-state index in [1.165, 1.54) is 0 Å². The molecule has 0 aliphatic carbocycles. The highest BCUT2D eigenvalue weighted by molar-refractivity contribution is 4.84. The fourth-order valence-corrected chi connectivity index (χ4v) is 0.825. The van der Waals surface area contributed by atoms with E-state index in [0.717, 1.165) is 0 Å². The van der Waals surface area contributed by atoms with Gasteiger partial charge < -0.3 is 25.8 Å². The van der Waals surface area contributed by atoms with Gasteiger partial charge >= 0.3 is 0 Å². The van der Waals surface area contributed by atoms with Crippen LogP contribution in [-0.2, 0) is 4.74 Å². The zero-order valence-electron chi connectivity index (χ0n) is 5.34. The lowest BCUT2D eigenvalue weighted by atomic mass is 10.0. The summed E-state index contributed by atoms with van der Waals surface area (Å²) < 4.78 is 4.55. The monoisotopic (exact) mass is 149 g/mol. The van der Waals surface area contributed by atoms with Crippen LogP contribution in [0, 0.1) is 0 Å². The molecule has 5 nitrogen and oxygen atoms in total. The molecule has 0 amide bonds. The van der Waals surface area contributed by atoms with Crippen LogP contribution in [0.1, 0.15) is 0 Å². The first-order chi connectivity index (χ1) is 4.63. The molecular weight excluding hydrogens is 138 g/mol. The SMILES string of the molecule is N[C@H]1[C@@H](O)COC(O)[C@@H]1O. The maximum Gasteiger partial charge on any atom is 0.182 e. The second-order valence-corrected chi connectivity index (χ2v) is 2.36. The number of hydrogen-bond acceptors (Lipinski definition) is 5. The molecule has 1 fully saturated rings. The third-order valence-corrected chi connectivity index (χ3v) is 1.57. The molecule has 0 bridgehead atoms. The Morgan fingerprint density at radius 2 is 1.90 bits per heavy atom. The molecule has 1 saturated heterocycles. The smallest absolute Gasteiger partial charge is 0.182 e. The summed E-state index contributed by atoms with van der Waals surface area (Å²) in [4.78, 5) is 0. The van der Waals surface area contributed by atoms with E-state index in [2.05, 4.69) is 4.74 Å². The average Bonchev–Trinajstić information content (AvgIpc) is 1.93. The Morgan fingerprint density at radius 1 is 1.30 bits per heavy atom. The van der Waals surface area contributed by atoms with Gasteiger partial charge in [-0.05, 0) is 0 Å². The first kappa shape index (κ1) is 7.90. The van der Waals surface area contributed by atoms with Crippen LogP contribution in [0.25, 0.3) is 0 Å². The molecule has 0 radical (unpaired) electrons. The van der Waals surface area contributed by atoms with Crippen molar-refractivity contribution in [1.29, 1.82) is 0 Å². The van der Waals surface area contributed by atoms with Gasteiger partial charge in [-0.25, -0.2) is 0 Å². The second-order valence-electron chi connectivity index (χ2n) is 2.36. The van der Waals surface area contributed by atoms with E-state index in [-0.39, 0.29) is 6.61 Å². The Labute approximate surface area is 58.0 Å². The van der Waals surface area contributed by atoms with Gasteiger partial charge in [0, 0.05) is 0 Å². The molecule has 5 heteroatoms. The topological polar surface area (TPSA) is 95.9 Å². The molecule has 0 aromatic heterocycles. The molecule has 5 N–H and O–H groups in total. The molecule has 4 atom stereocenters. The number of ether oxygens (including phenoxy) is 1. The molecule has 10 heavy (non-hydrogen) atoms. The quantitative estimate of drug-likeness (QED) is 0.302. The molecule has 0 spiro atoms. The molecule has 0 saturated carbocycles. The fourth-order valence-electron chi connectivity index (χ4n) is 0.825. The van der Waals surface area contributed by atoms with Crippen LogP contribution in [0.2, 0.25) is 0 Å². The van der Waals surface area contributed by atoms with Crippen molar-refractivity contribution in [1.82, 2.24) is 0 Å². The van der Waals surface area contributed by atoms with Crippen molar-refractivity contribution in [3.05, 3.63) is 0 Å². The van der Waals surface area contributed by atoms with Gasteiger partial charge in [0.05, 0.1) is 18.8 Å². The second kappa shape index (κ2) is 2.81. The molecular formula is C5H11NO4. The van der Waals surface area contributed by atoms with Crippen LogP contribution in [0.3, 0.4) is 0 Å². The Kier molecular flexibility index (Phi) is 2.22. The van der Waals surface area contributed by atoms with E-state index < -0.39 is 24.5 Å². The zero-order chi connectivity index (χ0) is 7.72. The van der Waals surface area contributed by atoms with Crippen molar-refractivity contribution in [3.63, 3.8) is 0 Å². The van der Waals surface area contributed by atoms with Gasteiger partial charge in [-0.1, -0.05) is 0 Å². The van der Waals surface area contributed by atoms with Crippen molar-refractivity contribution in [2.45, 2.75) is 24.5 Å². The van der Waals surface area contributed by atoms with Crippen LogP contribution in [0.15, 0.2) is 0 Å². The van der Waals surface area contributed by atoms with Crippen molar-refractivity contribution in [2.24, 2.45) is 5.73 Å². The standard InChI is InChI=1S/C5H11NO4/c6-3-2(7)1-10-5(9)4(3)8/h2-5,7-9H,1,6H2/t2-,3-,4+,5?/m0/s1. The first-order valence-electron chi connectivity index (χ1n) is 3.04. The van der Waals surface area contributed by atoms with Crippen molar-refractivity contribution < 1.29 is 20.1 Å². The van der Waals surface area contributed by atoms with Crippen LogP contribution in [-0.4, -0.2) is 46.5 Å². The maximum absolute atomic E-state index is 8.96. The van der Waals surface area contributed by atoms with Gasteiger partial charge in [0.2, 0.25) is 0 Å². The van der Waals surface area contributed by atoms with Crippen LogP contribution in [0.5, 0.6) is 0 Å². The van der Waals surface area contributed by atoms with Gasteiger partial charge in [0.15, 0.2) is 6.29 Å². The third kappa shape index (κ3) is 1.28. The minimum absolute atomic E-state index is 0.0284. The van der Waals surface area contributed by atoms with Crippen molar-refractivity contribution in [3.8, 4) is 0 Å². The Morgan fingerprint density at radius 3 is 2.40 bits per heavy atom. The predicted molar refractivity (Wildman–Crippen MR) is 31.9 cm³/mol. The van der Waals surface area contributed by atoms with Crippen molar-refractivity contribution >= 4 is 0 Å². The highest BCUT2D eigenvalue weighted by atomic mass is 16.6. The summed E-state index contributed by atoms with van der Waals surface area (Å²) in [7, 11) is 0. The van der Waals surface area contributed by atoms with Crippen LogP contribution in [0.4, 0.5) is 0 Å². The third-order valence-electron chi connectivity index (χ3n) is 1.57. The number of aliphatic hydroxyl groups excluding tert-OH is 3. The molecule has 1 aliphatic rings. The summed E-state index contributed by atoms with van der Waals surface area (Å²) in [5.74, 6) is 0. The Bertz CT molecular complexity index is 106. The summed E-state index contributed by atoms with van der Waals surface area (Å²) in [5, 5.41) is 26.7. The van der Waals surface area contributed by atoms with Gasteiger partial charge in [0.25, 0.3) is 0 Å². The molecule has 1 rings (SSSR count). The lowest BCUT2D eigenvalue weighted by Crippen LogP contribution is -2.57. The van der Waals surface area contributed by atoms with Crippen molar-refractivity contribution in [2.75, 3.05) is 6.61 Å². The van der Waals surface area contributed by atoms with Gasteiger partial charge in [0.1, 0.15) is 6.10 Å². The molecule has 1 heterocycles. The highest BCUT2D eigenvalue weighted by Crippen LogP contribution is 2.10. The molecule has 1 unspecified atom stereocenters. The maximum atomic E-state index is 8.96. The van der Waals surface area contributed by atoms with E-state index in [1.54, 1.807) is 0 Å². The molecule has 0 aromatic carbocycles. The summed E-state index contributed by atoms with van der Waals surface area (Å²) in [5.41, 5.74) is 5.27. The Balaban J connectivity index is 2.52. The lowest BCUT2D eigenvalue weighted by Gasteiger charge is -2.32. The van der Waals surface area contributed by atoms with Gasteiger partial charge in [-0.3, -0.25) is 0 Å². The summed E-state index contributed by atoms with van der Waals surface area (Å²) in [6, 6.07) is -0.816. The number of rotatable bonds is 0. The molecule has 60 valence electrons. The lowest BCUT2D eigenvalue weighted by molar-refractivity contribution is -0.219. The molecule has 0 aromatic rings. The average molecular weight is 149 g/mol. The number of aliphatic hydroxyl groups is 3. The molecule has 1 aliphatic heterocycles. The van der Waals surface area contributed by atoms with Gasteiger partial charge in [-0.15, -0.1) is 0 Å². The number of nitrogens with two attached hydrogens (primary N) is 1. The zero-order valence-corrected chi connectivity index (χ0v) is 5.34. The highest BCUT2D eigenvalue weighted by Gasteiger charge is 2.34. The Hall–Kier alpha value is -0.200. The van der Waals surface area contributed by atoms with E-state index in [1.807, 2.05) is 0 Å². The van der Waals surface area contributed by atoms with E-state index >= 15 is 0 Å². The van der Waals surface area contributed by atoms with Crippen LogP contribution >= 0.6 is 0 Å².